The molecule has 0 aromatic rings. The molecule has 0 aromatic heterocycles. The van der Waals surface area contributed by atoms with Crippen LogP contribution in [0.4, 0.5) is 0 Å². The van der Waals surface area contributed by atoms with E-state index >= 15 is 0 Å². The van der Waals surface area contributed by atoms with Crippen molar-refractivity contribution in [2.75, 3.05) is 8.86 Å². The Labute approximate surface area is 117 Å². The van der Waals surface area contributed by atoms with Crippen molar-refractivity contribution in [1.29, 1.82) is 0 Å². The molecule has 0 saturated carbocycles. The Hall–Kier alpha value is 0.730. The molecular weight excluding hydrogens is 307 g/mol. The molecule has 1 saturated heterocycles. The van der Waals surface area contributed by atoms with Gasteiger partial charge in [-0.15, -0.1) is 0 Å². The monoisotopic (exact) mass is 345 g/mol. The van der Waals surface area contributed by atoms with Crippen LogP contribution in [0.25, 0.3) is 0 Å². The normalized spacial score (nSPS) is 11.0. The van der Waals surface area contributed by atoms with Crippen LogP contribution in [0.15, 0.2) is 0 Å². The number of unbranched alkanes of at least 4 members (excludes halogenated alkanes) is 2. The Morgan fingerprint density at radius 3 is 0.938 bits per heavy atom. The fraction of sp³-hybridized carbons (Fsp3) is 1.00. The summed E-state index contributed by atoms with van der Waals surface area (Å²) < 4.78 is 3.22. The summed E-state index contributed by atoms with van der Waals surface area (Å²) in [6.07, 6.45) is 6.88. The van der Waals surface area contributed by atoms with Crippen molar-refractivity contribution < 1.29 is 21.2 Å². The first kappa shape index (κ1) is 25.5. The Morgan fingerprint density at radius 2 is 0.938 bits per heavy atom. The van der Waals surface area contributed by atoms with Gasteiger partial charge in [0.2, 0.25) is 0 Å². The Kier molecular flexibility index (Phi) is 71.5. The van der Waals surface area contributed by atoms with Crippen LogP contribution >= 0.6 is 0 Å². The average molecular weight is 345 g/mol. The van der Waals surface area contributed by atoms with Gasteiger partial charge in [-0.1, -0.05) is 81.1 Å². The maximum Gasteiger partial charge on any atom is -0.0538 e. The van der Waals surface area contributed by atoms with Gasteiger partial charge in [0.05, 0.1) is 0 Å². The second-order valence-electron chi connectivity index (χ2n) is 2.98. The van der Waals surface area contributed by atoms with E-state index in [2.05, 4.69) is 27.7 Å². The van der Waals surface area contributed by atoms with Gasteiger partial charge in [-0.3, -0.25) is 0 Å². The second kappa shape index (κ2) is 44.8. The third-order valence-corrected chi connectivity index (χ3v) is 4.29. The molecule has 1 aliphatic rings. The van der Waals surface area contributed by atoms with E-state index in [9.17, 15) is 0 Å². The third kappa shape index (κ3) is 61.3. The minimum absolute atomic E-state index is 0.791. The van der Waals surface area contributed by atoms with Gasteiger partial charge >= 0.3 is 36.5 Å². The topological polar surface area (TPSA) is 0 Å². The molecule has 0 aromatic carbocycles. The SMILES string of the molecule is C1C[I-]C1.CC.CC.CCC.CCCCC. The van der Waals surface area contributed by atoms with Crippen LogP contribution in [-0.4, -0.2) is 8.86 Å². The van der Waals surface area contributed by atoms with E-state index in [1.165, 1.54) is 25.7 Å². The second-order valence-corrected chi connectivity index (χ2v) is 6.22. The summed E-state index contributed by atoms with van der Waals surface area (Å²) in [5.41, 5.74) is 0. The Balaban J connectivity index is -0.0000000596. The zero-order valence-electron chi connectivity index (χ0n) is 13.3. The summed E-state index contributed by atoms with van der Waals surface area (Å²) in [6.45, 7) is 16.7. The van der Waals surface area contributed by atoms with Crippen LogP contribution in [0, 0.1) is 0 Å². The first-order chi connectivity index (χ1) is 7.83. The summed E-state index contributed by atoms with van der Waals surface area (Å²) in [5.74, 6) is 0. The van der Waals surface area contributed by atoms with E-state index in [0.717, 1.165) is 21.2 Å². The van der Waals surface area contributed by atoms with Gasteiger partial charge in [0.1, 0.15) is 0 Å². The van der Waals surface area contributed by atoms with Gasteiger partial charge < -0.3 is 0 Å². The number of rotatable bonds is 2. The largest absolute Gasteiger partial charge is 0.0683 e. The molecule has 0 aliphatic carbocycles. The zero-order valence-corrected chi connectivity index (χ0v) is 15.5. The number of halogens is 1. The van der Waals surface area contributed by atoms with E-state index in [1.54, 1.807) is 15.3 Å². The molecule has 0 nitrogen and oxygen atoms in total. The molecule has 0 radical (unpaired) electrons. The third-order valence-electron chi connectivity index (χ3n) is 1.24. The molecule has 0 spiro atoms. The molecule has 1 heterocycles. The van der Waals surface area contributed by atoms with Crippen LogP contribution in [0.3, 0.4) is 0 Å². The predicted octanol–water partition coefficient (Wildman–Crippen LogP) is 3.14. The van der Waals surface area contributed by atoms with E-state index in [1.807, 2.05) is 27.7 Å². The summed E-state index contributed by atoms with van der Waals surface area (Å²) in [4.78, 5) is 0. The van der Waals surface area contributed by atoms with Crippen LogP contribution in [-0.2, 0) is 0 Å². The number of hydrogen-bond donors (Lipinski definition) is 0. The molecule has 1 rings (SSSR count). The van der Waals surface area contributed by atoms with E-state index in [0.29, 0.717) is 0 Å². The predicted molar refractivity (Wildman–Crippen MR) is 78.2 cm³/mol. The van der Waals surface area contributed by atoms with Crippen molar-refractivity contribution in [1.82, 2.24) is 0 Å². The Morgan fingerprint density at radius 1 is 0.750 bits per heavy atom. The van der Waals surface area contributed by atoms with Gasteiger partial charge in [0, 0.05) is 0 Å². The van der Waals surface area contributed by atoms with Gasteiger partial charge in [-0.05, 0) is 0 Å². The number of alkyl halides is 2. The maximum atomic E-state index is 2.21. The van der Waals surface area contributed by atoms with Crippen molar-refractivity contribution in [2.45, 2.75) is 87.5 Å². The zero-order chi connectivity index (χ0) is 13.7. The molecular formula is C15H38I-. The molecule has 1 fully saturated rings. The van der Waals surface area contributed by atoms with Crippen LogP contribution in [0.5, 0.6) is 0 Å². The fourth-order valence-electron chi connectivity index (χ4n) is 0.487. The van der Waals surface area contributed by atoms with Crippen molar-refractivity contribution in [3.8, 4) is 0 Å². The van der Waals surface area contributed by atoms with Crippen molar-refractivity contribution in [2.24, 2.45) is 0 Å². The average Bonchev–Trinajstić information content (AvgIpc) is 2.24. The van der Waals surface area contributed by atoms with E-state index < -0.39 is 0 Å². The first-order valence-corrected chi connectivity index (χ1v) is 10.4. The summed E-state index contributed by atoms with van der Waals surface area (Å²) in [6, 6.07) is 0. The standard InChI is InChI=1S/C5H12.C3H6I.C3H8.2C2H6/c1-3-5-4-2;1-2-4-3-1;1-3-2;2*1-2/h3-5H2,1-2H3;1-3H2;3H2,1-2H3;2*1-2H3/q;-1;;;. The van der Waals surface area contributed by atoms with Crippen LogP contribution in [0.1, 0.15) is 87.5 Å². The van der Waals surface area contributed by atoms with E-state index in [4.69, 9.17) is 0 Å². The molecule has 0 atom stereocenters. The Bertz CT molecular complexity index is 43.4. The molecule has 1 heteroatoms. The maximum absolute atomic E-state index is 2.21. The molecule has 0 amide bonds. The van der Waals surface area contributed by atoms with Crippen LogP contribution < -0.4 is 21.2 Å². The van der Waals surface area contributed by atoms with Gasteiger partial charge in [0.25, 0.3) is 0 Å². The van der Waals surface area contributed by atoms with E-state index in [-0.39, 0.29) is 0 Å². The van der Waals surface area contributed by atoms with Crippen molar-refractivity contribution in [3.63, 3.8) is 0 Å². The van der Waals surface area contributed by atoms with Crippen LogP contribution in [0.2, 0.25) is 0 Å². The summed E-state index contributed by atoms with van der Waals surface area (Å²) in [7, 11) is 0. The molecule has 106 valence electrons. The molecule has 0 N–H and O–H groups in total. The minimum Gasteiger partial charge on any atom is -0.0683 e. The quantitative estimate of drug-likeness (QED) is 0.533. The van der Waals surface area contributed by atoms with Gasteiger partial charge in [0.15, 0.2) is 0 Å². The summed E-state index contributed by atoms with van der Waals surface area (Å²) >= 11 is 0.791. The fourth-order valence-corrected chi connectivity index (χ4v) is 1.25. The van der Waals surface area contributed by atoms with Gasteiger partial charge in [-0.2, -0.15) is 0 Å². The molecule has 1 aliphatic heterocycles. The number of hydrogen-bond acceptors (Lipinski definition) is 0. The molecule has 0 bridgehead atoms. The first-order valence-electron chi connectivity index (χ1n) is 7.36. The molecule has 0 unspecified atom stereocenters. The van der Waals surface area contributed by atoms with Gasteiger partial charge in [-0.25, -0.2) is 0 Å². The van der Waals surface area contributed by atoms with Crippen molar-refractivity contribution >= 4 is 0 Å². The smallest absolute Gasteiger partial charge is 0.0538 e. The van der Waals surface area contributed by atoms with Crippen molar-refractivity contribution in [3.05, 3.63) is 0 Å². The summed E-state index contributed by atoms with van der Waals surface area (Å²) in [5, 5.41) is 0. The minimum atomic E-state index is 0.791. The molecule has 16 heavy (non-hydrogen) atoms.